The van der Waals surface area contributed by atoms with Crippen LogP contribution in [0.3, 0.4) is 0 Å². The second-order valence-electron chi connectivity index (χ2n) is 4.97. The fraction of sp³-hybridized carbons (Fsp3) is 0.250. The van der Waals surface area contributed by atoms with Crippen LogP contribution in [0.1, 0.15) is 22.7 Å². The third-order valence-electron chi connectivity index (χ3n) is 3.55. The summed E-state index contributed by atoms with van der Waals surface area (Å²) in [7, 11) is 0. The Bertz CT molecular complexity index is 688. The molecule has 5 heteroatoms. The van der Waals surface area contributed by atoms with Crippen molar-refractivity contribution in [2.45, 2.75) is 13.0 Å². The molecule has 0 saturated carbocycles. The van der Waals surface area contributed by atoms with Gasteiger partial charge in [-0.3, -0.25) is 0 Å². The number of rotatable bonds is 2. The lowest BCUT2D eigenvalue weighted by molar-refractivity contribution is 0.171. The van der Waals surface area contributed by atoms with Crippen molar-refractivity contribution in [2.24, 2.45) is 5.73 Å². The lowest BCUT2D eigenvalue weighted by atomic mass is 9.97. The molecule has 0 amide bonds. The Kier molecular flexibility index (Phi) is 4.24. The van der Waals surface area contributed by atoms with Gasteiger partial charge in [0.1, 0.15) is 13.2 Å². The largest absolute Gasteiger partial charge is 0.486 e. The second kappa shape index (κ2) is 5.99. The molecule has 1 unspecified atom stereocenters. The fourth-order valence-corrected chi connectivity index (χ4v) is 3.48. The summed E-state index contributed by atoms with van der Waals surface area (Å²) in [6.45, 7) is 3.20. The number of fused-ring (bicyclic) bond motifs is 1. The van der Waals surface area contributed by atoms with E-state index in [1.54, 1.807) is 0 Å². The number of nitrogens with two attached hydrogens (primary N) is 1. The maximum Gasteiger partial charge on any atom is 0.162 e. The van der Waals surface area contributed by atoms with E-state index in [0.717, 1.165) is 37.1 Å². The smallest absolute Gasteiger partial charge is 0.162 e. The van der Waals surface area contributed by atoms with Gasteiger partial charge in [0, 0.05) is 8.95 Å². The molecule has 2 aromatic rings. The lowest BCUT2D eigenvalue weighted by Crippen LogP contribution is -2.18. The number of hydrogen-bond acceptors (Lipinski definition) is 3. The summed E-state index contributed by atoms with van der Waals surface area (Å²) < 4.78 is 13.2. The van der Waals surface area contributed by atoms with Gasteiger partial charge in [-0.15, -0.1) is 0 Å². The van der Waals surface area contributed by atoms with E-state index in [-0.39, 0.29) is 6.04 Å². The van der Waals surface area contributed by atoms with Gasteiger partial charge < -0.3 is 15.2 Å². The first-order valence-corrected chi connectivity index (χ1v) is 8.26. The van der Waals surface area contributed by atoms with Crippen LogP contribution in [0, 0.1) is 6.92 Å². The van der Waals surface area contributed by atoms with E-state index in [1.165, 1.54) is 0 Å². The highest BCUT2D eigenvalue weighted by Gasteiger charge is 2.21. The van der Waals surface area contributed by atoms with Crippen LogP contribution < -0.4 is 15.2 Å². The van der Waals surface area contributed by atoms with E-state index in [9.17, 15) is 0 Å². The van der Waals surface area contributed by atoms with Gasteiger partial charge in [0.2, 0.25) is 0 Å². The van der Waals surface area contributed by atoms with Gasteiger partial charge in [-0.25, -0.2) is 0 Å². The van der Waals surface area contributed by atoms with Gasteiger partial charge in [0.05, 0.1) is 6.04 Å². The van der Waals surface area contributed by atoms with Crippen molar-refractivity contribution in [3.05, 3.63) is 56.0 Å². The molecular formula is C16H15Br2NO2. The summed E-state index contributed by atoms with van der Waals surface area (Å²) in [5.74, 6) is 1.51. The van der Waals surface area contributed by atoms with Crippen molar-refractivity contribution in [2.75, 3.05) is 13.2 Å². The molecule has 0 fully saturated rings. The topological polar surface area (TPSA) is 44.5 Å². The summed E-state index contributed by atoms with van der Waals surface area (Å²) in [5, 5.41) is 0. The first-order chi connectivity index (χ1) is 10.1. The highest BCUT2D eigenvalue weighted by Crippen LogP contribution is 2.40. The molecule has 3 nitrogen and oxygen atoms in total. The van der Waals surface area contributed by atoms with Gasteiger partial charge in [0.25, 0.3) is 0 Å². The van der Waals surface area contributed by atoms with Crippen molar-refractivity contribution in [3.8, 4) is 11.5 Å². The van der Waals surface area contributed by atoms with Crippen LogP contribution in [-0.4, -0.2) is 13.2 Å². The predicted octanol–water partition coefficient (Wildman–Crippen LogP) is 4.34. The molecule has 21 heavy (non-hydrogen) atoms. The van der Waals surface area contributed by atoms with Crippen LogP contribution in [0.25, 0.3) is 0 Å². The maximum atomic E-state index is 6.46. The van der Waals surface area contributed by atoms with Gasteiger partial charge in [-0.2, -0.15) is 0 Å². The summed E-state index contributed by atoms with van der Waals surface area (Å²) in [4.78, 5) is 0. The van der Waals surface area contributed by atoms with Crippen LogP contribution in [0.15, 0.2) is 39.3 Å². The predicted molar refractivity (Wildman–Crippen MR) is 90.0 cm³/mol. The Morgan fingerprint density at radius 3 is 2.43 bits per heavy atom. The van der Waals surface area contributed by atoms with Crippen LogP contribution >= 0.6 is 31.9 Å². The normalized spacial score (nSPS) is 14.9. The Labute approximate surface area is 140 Å². The van der Waals surface area contributed by atoms with Gasteiger partial charge >= 0.3 is 0 Å². The third-order valence-corrected chi connectivity index (χ3v) is 5.32. The van der Waals surface area contributed by atoms with Crippen molar-refractivity contribution < 1.29 is 9.47 Å². The molecule has 1 heterocycles. The minimum absolute atomic E-state index is 0.246. The molecule has 1 atom stereocenters. The molecule has 0 aromatic heterocycles. The van der Waals surface area contributed by atoms with Gasteiger partial charge in [0.15, 0.2) is 11.5 Å². The second-order valence-corrected chi connectivity index (χ2v) is 6.62. The first kappa shape index (κ1) is 14.9. The van der Waals surface area contributed by atoms with Crippen LogP contribution in [0.2, 0.25) is 0 Å². The van der Waals surface area contributed by atoms with Crippen molar-refractivity contribution >= 4 is 31.9 Å². The molecule has 0 bridgehead atoms. The number of hydrogen-bond donors (Lipinski definition) is 1. The van der Waals surface area contributed by atoms with E-state index in [0.29, 0.717) is 13.2 Å². The van der Waals surface area contributed by atoms with E-state index in [2.05, 4.69) is 44.8 Å². The molecular weight excluding hydrogens is 398 g/mol. The summed E-state index contributed by atoms with van der Waals surface area (Å²) in [6, 6.07) is 9.74. The average molecular weight is 413 g/mol. The quantitative estimate of drug-likeness (QED) is 0.797. The Morgan fingerprint density at radius 1 is 1.05 bits per heavy atom. The summed E-state index contributed by atoms with van der Waals surface area (Å²) in [6.07, 6.45) is 0. The van der Waals surface area contributed by atoms with Crippen LogP contribution in [0.5, 0.6) is 11.5 Å². The van der Waals surface area contributed by atoms with Crippen molar-refractivity contribution in [1.29, 1.82) is 0 Å². The zero-order valence-electron chi connectivity index (χ0n) is 11.5. The SMILES string of the molecule is Cc1cccc(C(N)c2cc3c(cc2Br)OCCO3)c1Br. The monoisotopic (exact) mass is 411 g/mol. The minimum Gasteiger partial charge on any atom is -0.486 e. The highest BCUT2D eigenvalue weighted by atomic mass is 79.9. The van der Waals surface area contributed by atoms with E-state index >= 15 is 0 Å². The molecule has 110 valence electrons. The lowest BCUT2D eigenvalue weighted by Gasteiger charge is -2.22. The molecule has 2 aromatic carbocycles. The third kappa shape index (κ3) is 2.82. The summed E-state index contributed by atoms with van der Waals surface area (Å²) >= 11 is 7.21. The van der Waals surface area contributed by atoms with Crippen molar-refractivity contribution in [3.63, 3.8) is 0 Å². The van der Waals surface area contributed by atoms with Crippen molar-refractivity contribution in [1.82, 2.24) is 0 Å². The van der Waals surface area contributed by atoms with Gasteiger partial charge in [-0.05, 0) is 35.7 Å². The molecule has 0 spiro atoms. The number of halogens is 2. The maximum absolute atomic E-state index is 6.46. The number of benzene rings is 2. The van der Waals surface area contributed by atoms with Crippen LogP contribution in [0.4, 0.5) is 0 Å². The average Bonchev–Trinajstić information content (AvgIpc) is 2.48. The summed E-state index contributed by atoms with van der Waals surface area (Å²) in [5.41, 5.74) is 9.65. The van der Waals surface area contributed by atoms with E-state index < -0.39 is 0 Å². The molecule has 0 saturated heterocycles. The van der Waals surface area contributed by atoms with E-state index in [1.807, 2.05) is 24.3 Å². The molecule has 2 N–H and O–H groups in total. The molecule has 1 aliphatic heterocycles. The molecule has 0 radical (unpaired) electrons. The first-order valence-electron chi connectivity index (χ1n) is 6.67. The van der Waals surface area contributed by atoms with Crippen LogP contribution in [-0.2, 0) is 0 Å². The van der Waals surface area contributed by atoms with E-state index in [4.69, 9.17) is 15.2 Å². The zero-order chi connectivity index (χ0) is 15.0. The number of aryl methyl sites for hydroxylation is 1. The fourth-order valence-electron chi connectivity index (χ4n) is 2.40. The van der Waals surface area contributed by atoms with Gasteiger partial charge in [-0.1, -0.05) is 50.1 Å². The number of ether oxygens (including phenoxy) is 2. The minimum atomic E-state index is -0.246. The molecule has 3 rings (SSSR count). The zero-order valence-corrected chi connectivity index (χ0v) is 14.7. The Morgan fingerprint density at radius 2 is 1.71 bits per heavy atom. The Hall–Kier alpha value is -1.04. The Balaban J connectivity index is 2.05. The highest BCUT2D eigenvalue weighted by molar-refractivity contribution is 9.10. The standard InChI is InChI=1S/C16H15Br2NO2/c1-9-3-2-4-10(15(9)18)16(19)11-7-13-14(8-12(11)17)21-6-5-20-13/h2-4,7-8,16H,5-6,19H2,1H3. The molecule has 0 aliphatic carbocycles. The molecule has 1 aliphatic rings.